The molecule has 0 bridgehead atoms. The van der Waals surface area contributed by atoms with Gasteiger partial charge >= 0.3 is 0 Å². The molecule has 1 fully saturated rings. The number of hydrogen-bond acceptors (Lipinski definition) is 2. The van der Waals surface area contributed by atoms with Crippen molar-refractivity contribution in [2.24, 2.45) is 0 Å². The standard InChI is InChI=1S/C22H25F3O2/c1-3-27-13-17-8-10-18(22(25)21(17)24)15-6-4-14(5-7-15)16-9-11-20(26-2)19(23)12-16/h8-12,14-15H,3-7,13H2,1-2H3. The average molecular weight is 378 g/mol. The van der Waals surface area contributed by atoms with Crippen molar-refractivity contribution in [3.05, 3.63) is 64.5 Å². The fourth-order valence-corrected chi connectivity index (χ4v) is 3.92. The first-order valence-corrected chi connectivity index (χ1v) is 9.43. The third-order valence-corrected chi connectivity index (χ3v) is 5.47. The van der Waals surface area contributed by atoms with E-state index in [1.54, 1.807) is 18.2 Å². The van der Waals surface area contributed by atoms with Crippen molar-refractivity contribution in [1.29, 1.82) is 0 Å². The molecule has 0 heterocycles. The predicted octanol–water partition coefficient (Wildman–Crippen LogP) is 6.09. The Labute approximate surface area is 158 Å². The molecule has 1 aliphatic rings. The smallest absolute Gasteiger partial charge is 0.165 e. The van der Waals surface area contributed by atoms with Gasteiger partial charge < -0.3 is 9.47 Å². The van der Waals surface area contributed by atoms with Crippen LogP contribution in [0.15, 0.2) is 30.3 Å². The summed E-state index contributed by atoms with van der Waals surface area (Å²) in [6.07, 6.45) is 3.13. The molecule has 2 aromatic carbocycles. The summed E-state index contributed by atoms with van der Waals surface area (Å²) in [6, 6.07) is 8.35. The molecule has 2 nitrogen and oxygen atoms in total. The highest BCUT2D eigenvalue weighted by Gasteiger charge is 2.27. The third-order valence-electron chi connectivity index (χ3n) is 5.47. The third kappa shape index (κ3) is 4.29. The number of methoxy groups -OCH3 is 1. The van der Waals surface area contributed by atoms with Crippen molar-refractivity contribution >= 4 is 0 Å². The van der Waals surface area contributed by atoms with Crippen molar-refractivity contribution in [3.8, 4) is 5.75 Å². The van der Waals surface area contributed by atoms with Crippen LogP contribution >= 0.6 is 0 Å². The molecule has 2 aromatic rings. The number of rotatable bonds is 6. The van der Waals surface area contributed by atoms with E-state index in [2.05, 4.69) is 0 Å². The SMILES string of the molecule is CCOCc1ccc(C2CCC(c3ccc(OC)c(F)c3)CC2)c(F)c1F. The molecule has 0 unspecified atom stereocenters. The van der Waals surface area contributed by atoms with Crippen LogP contribution < -0.4 is 4.74 Å². The van der Waals surface area contributed by atoms with E-state index in [0.717, 1.165) is 31.2 Å². The second-order valence-corrected chi connectivity index (χ2v) is 7.02. The van der Waals surface area contributed by atoms with Crippen LogP contribution in [0.3, 0.4) is 0 Å². The van der Waals surface area contributed by atoms with Gasteiger partial charge in [0.2, 0.25) is 0 Å². The summed E-state index contributed by atoms with van der Waals surface area (Å²) in [5, 5.41) is 0. The van der Waals surface area contributed by atoms with Gasteiger partial charge in [-0.2, -0.15) is 0 Å². The van der Waals surface area contributed by atoms with E-state index in [9.17, 15) is 13.2 Å². The lowest BCUT2D eigenvalue weighted by molar-refractivity contribution is 0.131. The van der Waals surface area contributed by atoms with Crippen molar-refractivity contribution in [1.82, 2.24) is 0 Å². The topological polar surface area (TPSA) is 18.5 Å². The zero-order valence-corrected chi connectivity index (χ0v) is 15.7. The molecule has 1 saturated carbocycles. The van der Waals surface area contributed by atoms with Gasteiger partial charge in [0, 0.05) is 12.2 Å². The lowest BCUT2D eigenvalue weighted by Crippen LogP contribution is -2.14. The fourth-order valence-electron chi connectivity index (χ4n) is 3.92. The summed E-state index contributed by atoms with van der Waals surface area (Å²) in [7, 11) is 1.44. The van der Waals surface area contributed by atoms with Crippen LogP contribution in [0.2, 0.25) is 0 Å². The number of ether oxygens (including phenoxy) is 2. The van der Waals surface area contributed by atoms with Crippen LogP contribution in [0.5, 0.6) is 5.75 Å². The van der Waals surface area contributed by atoms with E-state index >= 15 is 0 Å². The molecule has 5 heteroatoms. The van der Waals surface area contributed by atoms with E-state index in [1.807, 2.05) is 13.0 Å². The van der Waals surface area contributed by atoms with Gasteiger partial charge in [-0.15, -0.1) is 0 Å². The van der Waals surface area contributed by atoms with Crippen LogP contribution in [0.1, 0.15) is 61.1 Å². The lowest BCUT2D eigenvalue weighted by Gasteiger charge is -2.29. The van der Waals surface area contributed by atoms with Gasteiger partial charge in [-0.05, 0) is 67.7 Å². The highest BCUT2D eigenvalue weighted by atomic mass is 19.2. The minimum atomic E-state index is -0.805. The molecule has 0 amide bonds. The van der Waals surface area contributed by atoms with Crippen molar-refractivity contribution in [3.63, 3.8) is 0 Å². The monoisotopic (exact) mass is 378 g/mol. The van der Waals surface area contributed by atoms with Gasteiger partial charge in [-0.3, -0.25) is 0 Å². The first-order chi connectivity index (χ1) is 13.0. The van der Waals surface area contributed by atoms with Crippen LogP contribution in [0, 0.1) is 17.5 Å². The molecule has 0 atom stereocenters. The quantitative estimate of drug-likeness (QED) is 0.605. The predicted molar refractivity (Wildman–Crippen MR) is 98.6 cm³/mol. The minimum Gasteiger partial charge on any atom is -0.494 e. The highest BCUT2D eigenvalue weighted by Crippen LogP contribution is 2.42. The van der Waals surface area contributed by atoms with Crippen LogP contribution in [0.4, 0.5) is 13.2 Å². The van der Waals surface area contributed by atoms with Gasteiger partial charge in [0.15, 0.2) is 23.2 Å². The Bertz CT molecular complexity index is 783. The van der Waals surface area contributed by atoms with Gasteiger partial charge in [0.25, 0.3) is 0 Å². The second-order valence-electron chi connectivity index (χ2n) is 7.02. The molecule has 146 valence electrons. The molecule has 3 rings (SSSR count). The fraction of sp³-hybridized carbons (Fsp3) is 0.455. The molecular formula is C22H25F3O2. The zero-order chi connectivity index (χ0) is 19.4. The van der Waals surface area contributed by atoms with E-state index in [-0.39, 0.29) is 35.6 Å². The Morgan fingerprint density at radius 1 is 0.926 bits per heavy atom. The molecule has 27 heavy (non-hydrogen) atoms. The lowest BCUT2D eigenvalue weighted by atomic mass is 9.76. The molecule has 1 aliphatic carbocycles. The van der Waals surface area contributed by atoms with E-state index in [1.165, 1.54) is 13.2 Å². The zero-order valence-electron chi connectivity index (χ0n) is 15.7. The minimum absolute atomic E-state index is 0.0139. The van der Waals surface area contributed by atoms with Gasteiger partial charge in [0.05, 0.1) is 13.7 Å². The number of halogens is 3. The molecule has 0 spiro atoms. The molecule has 0 saturated heterocycles. The largest absolute Gasteiger partial charge is 0.494 e. The first-order valence-electron chi connectivity index (χ1n) is 9.43. The Kier molecular flexibility index (Phi) is 6.42. The van der Waals surface area contributed by atoms with Crippen molar-refractivity contribution in [2.75, 3.05) is 13.7 Å². The Morgan fingerprint density at radius 3 is 2.26 bits per heavy atom. The molecule has 0 N–H and O–H groups in total. The van der Waals surface area contributed by atoms with Crippen molar-refractivity contribution < 1.29 is 22.6 Å². The number of benzene rings is 2. The van der Waals surface area contributed by atoms with E-state index in [0.29, 0.717) is 12.2 Å². The maximum atomic E-state index is 14.5. The maximum Gasteiger partial charge on any atom is 0.165 e. The molecule has 0 aliphatic heterocycles. The summed E-state index contributed by atoms with van der Waals surface area (Å²) in [5.74, 6) is -1.48. The van der Waals surface area contributed by atoms with Gasteiger partial charge in [-0.25, -0.2) is 13.2 Å². The second kappa shape index (κ2) is 8.79. The summed E-state index contributed by atoms with van der Waals surface area (Å²) in [5.41, 5.74) is 1.62. The summed E-state index contributed by atoms with van der Waals surface area (Å²) in [4.78, 5) is 0. The number of hydrogen-bond donors (Lipinski definition) is 0. The Balaban J connectivity index is 1.68. The summed E-state index contributed by atoms with van der Waals surface area (Å²) >= 11 is 0. The van der Waals surface area contributed by atoms with E-state index in [4.69, 9.17) is 9.47 Å². The Morgan fingerprint density at radius 2 is 1.63 bits per heavy atom. The normalized spacial score (nSPS) is 19.9. The highest BCUT2D eigenvalue weighted by molar-refractivity contribution is 5.33. The first kappa shape index (κ1) is 19.7. The van der Waals surface area contributed by atoms with E-state index < -0.39 is 11.6 Å². The molecule has 0 aromatic heterocycles. The van der Waals surface area contributed by atoms with Crippen LogP contribution in [0.25, 0.3) is 0 Å². The van der Waals surface area contributed by atoms with Gasteiger partial charge in [-0.1, -0.05) is 18.2 Å². The maximum absolute atomic E-state index is 14.5. The Hall–Kier alpha value is -2.01. The van der Waals surface area contributed by atoms with Crippen molar-refractivity contribution in [2.45, 2.75) is 51.0 Å². The average Bonchev–Trinajstić information content (AvgIpc) is 2.69. The van der Waals surface area contributed by atoms with Gasteiger partial charge in [0.1, 0.15) is 0 Å². The van der Waals surface area contributed by atoms with Crippen LogP contribution in [-0.2, 0) is 11.3 Å². The van der Waals surface area contributed by atoms with Crippen LogP contribution in [-0.4, -0.2) is 13.7 Å². The molecule has 0 radical (unpaired) electrons. The summed E-state index contributed by atoms with van der Waals surface area (Å²) < 4.78 is 52.9. The summed E-state index contributed by atoms with van der Waals surface area (Å²) in [6.45, 7) is 2.35. The molecular weight excluding hydrogens is 353 g/mol.